The quantitative estimate of drug-likeness (QED) is 0.728. The normalized spacial score (nSPS) is 14.9. The molecular formula is C16H15FO. The molecule has 0 saturated heterocycles. The fourth-order valence-electron chi connectivity index (χ4n) is 2.38. The molecule has 0 atom stereocenters. The zero-order valence-electron chi connectivity index (χ0n) is 10.2. The smallest absolute Gasteiger partial charge is 0.163 e. The maximum Gasteiger partial charge on any atom is 0.163 e. The molecule has 0 N–H and O–H groups in total. The van der Waals surface area contributed by atoms with Gasteiger partial charge in [-0.05, 0) is 29.9 Å². The lowest BCUT2D eigenvalue weighted by atomic mass is 9.98. The van der Waals surface area contributed by atoms with Crippen LogP contribution in [0.2, 0.25) is 0 Å². The second-order valence-electron chi connectivity index (χ2n) is 5.05. The molecule has 1 fully saturated rings. The van der Waals surface area contributed by atoms with Gasteiger partial charge in [0.2, 0.25) is 0 Å². The fraction of sp³-hybridized carbons (Fsp3) is 0.312. The minimum Gasteiger partial charge on any atom is -0.294 e. The molecule has 0 radical (unpaired) electrons. The van der Waals surface area contributed by atoms with Gasteiger partial charge in [0.25, 0.3) is 0 Å². The zero-order chi connectivity index (χ0) is 12.5. The minimum absolute atomic E-state index is 0.137. The number of hydrogen-bond donors (Lipinski definition) is 0. The lowest BCUT2D eigenvalue weighted by Crippen LogP contribution is -2.01. The molecule has 1 aliphatic rings. The maximum atomic E-state index is 13.6. The van der Waals surface area contributed by atoms with Crippen molar-refractivity contribution >= 4 is 16.6 Å². The van der Waals surface area contributed by atoms with Gasteiger partial charge in [-0.1, -0.05) is 37.1 Å². The molecule has 2 heteroatoms. The Morgan fingerprint density at radius 2 is 1.83 bits per heavy atom. The van der Waals surface area contributed by atoms with Crippen LogP contribution in [0.25, 0.3) is 10.8 Å². The van der Waals surface area contributed by atoms with Gasteiger partial charge in [-0.3, -0.25) is 4.79 Å². The van der Waals surface area contributed by atoms with Crippen LogP contribution >= 0.6 is 0 Å². The topological polar surface area (TPSA) is 17.1 Å². The van der Waals surface area contributed by atoms with Gasteiger partial charge in [-0.15, -0.1) is 0 Å². The summed E-state index contributed by atoms with van der Waals surface area (Å²) in [6, 6.07) is 10.2. The molecule has 92 valence electrons. The van der Waals surface area contributed by atoms with Gasteiger partial charge in [-0.25, -0.2) is 4.39 Å². The average Bonchev–Trinajstić information content (AvgIpc) is 3.21. The summed E-state index contributed by atoms with van der Waals surface area (Å²) in [6.45, 7) is 0. The Bertz CT molecular complexity index is 599. The number of rotatable bonds is 4. The fourth-order valence-corrected chi connectivity index (χ4v) is 2.38. The number of hydrogen-bond acceptors (Lipinski definition) is 1. The molecule has 0 aliphatic heterocycles. The van der Waals surface area contributed by atoms with E-state index in [9.17, 15) is 9.18 Å². The zero-order valence-corrected chi connectivity index (χ0v) is 10.2. The molecule has 0 amide bonds. The van der Waals surface area contributed by atoms with Gasteiger partial charge in [0.1, 0.15) is 5.82 Å². The number of fused-ring (bicyclic) bond motifs is 1. The third-order valence-corrected chi connectivity index (χ3v) is 3.65. The van der Waals surface area contributed by atoms with Crippen LogP contribution in [0.3, 0.4) is 0 Å². The van der Waals surface area contributed by atoms with E-state index in [1.54, 1.807) is 18.2 Å². The molecule has 0 spiro atoms. The summed E-state index contributed by atoms with van der Waals surface area (Å²) in [5.74, 6) is 0.628. The lowest BCUT2D eigenvalue weighted by molar-refractivity contribution is 0.0979. The van der Waals surface area contributed by atoms with E-state index in [4.69, 9.17) is 0 Å². The van der Waals surface area contributed by atoms with Crippen LogP contribution < -0.4 is 0 Å². The van der Waals surface area contributed by atoms with E-state index in [0.717, 1.165) is 17.7 Å². The highest BCUT2D eigenvalue weighted by molar-refractivity contribution is 6.08. The molecule has 1 saturated carbocycles. The van der Waals surface area contributed by atoms with E-state index in [-0.39, 0.29) is 11.6 Å². The van der Waals surface area contributed by atoms with E-state index < -0.39 is 0 Å². The molecule has 2 aromatic carbocycles. The van der Waals surface area contributed by atoms with Crippen LogP contribution in [0.4, 0.5) is 4.39 Å². The highest BCUT2D eigenvalue weighted by Crippen LogP contribution is 2.34. The first-order valence-electron chi connectivity index (χ1n) is 6.46. The standard InChI is InChI=1S/C16H15FO/c17-15-9-8-14(12-3-1-2-4-13(12)15)16(18)10-7-11-5-6-11/h1-4,8-9,11H,5-7,10H2. The van der Waals surface area contributed by atoms with Crippen LogP contribution in [0.5, 0.6) is 0 Å². The summed E-state index contributed by atoms with van der Waals surface area (Å²) >= 11 is 0. The summed E-state index contributed by atoms with van der Waals surface area (Å²) < 4.78 is 13.6. The van der Waals surface area contributed by atoms with Crippen molar-refractivity contribution in [2.45, 2.75) is 25.7 Å². The first-order chi connectivity index (χ1) is 8.75. The van der Waals surface area contributed by atoms with E-state index in [0.29, 0.717) is 17.4 Å². The van der Waals surface area contributed by atoms with E-state index in [1.165, 1.54) is 18.9 Å². The summed E-state index contributed by atoms with van der Waals surface area (Å²) in [5.41, 5.74) is 0.660. The van der Waals surface area contributed by atoms with Crippen LogP contribution in [-0.4, -0.2) is 5.78 Å². The molecule has 0 aromatic heterocycles. The third-order valence-electron chi connectivity index (χ3n) is 3.65. The number of carbonyl (C=O) groups is 1. The SMILES string of the molecule is O=C(CCC1CC1)c1ccc(F)c2ccccc12. The Hall–Kier alpha value is -1.70. The second-order valence-corrected chi connectivity index (χ2v) is 5.05. The lowest BCUT2D eigenvalue weighted by Gasteiger charge is -2.06. The third kappa shape index (κ3) is 2.15. The van der Waals surface area contributed by atoms with Gasteiger partial charge in [0, 0.05) is 17.4 Å². The molecule has 0 heterocycles. The molecular weight excluding hydrogens is 227 g/mol. The second kappa shape index (κ2) is 4.52. The van der Waals surface area contributed by atoms with E-state index >= 15 is 0 Å². The Balaban J connectivity index is 1.95. The molecule has 3 rings (SSSR count). The molecule has 1 aliphatic carbocycles. The van der Waals surface area contributed by atoms with Crippen molar-refractivity contribution in [1.29, 1.82) is 0 Å². The molecule has 0 bridgehead atoms. The van der Waals surface area contributed by atoms with E-state index in [2.05, 4.69) is 0 Å². The predicted molar refractivity (Wildman–Crippen MR) is 70.2 cm³/mol. The van der Waals surface area contributed by atoms with Crippen molar-refractivity contribution < 1.29 is 9.18 Å². The predicted octanol–water partition coefficient (Wildman–Crippen LogP) is 4.35. The van der Waals surface area contributed by atoms with E-state index in [1.807, 2.05) is 12.1 Å². The summed E-state index contributed by atoms with van der Waals surface area (Å²) in [6.07, 6.45) is 4.08. The Labute approximate surface area is 106 Å². The van der Waals surface area contributed by atoms with Gasteiger partial charge in [0.05, 0.1) is 0 Å². The summed E-state index contributed by atoms with van der Waals surface area (Å²) in [7, 11) is 0. The van der Waals surface area contributed by atoms with Crippen molar-refractivity contribution in [3.63, 3.8) is 0 Å². The monoisotopic (exact) mass is 242 g/mol. The van der Waals surface area contributed by atoms with Crippen molar-refractivity contribution in [3.05, 3.63) is 47.8 Å². The van der Waals surface area contributed by atoms with Gasteiger partial charge < -0.3 is 0 Å². The molecule has 18 heavy (non-hydrogen) atoms. The first-order valence-corrected chi connectivity index (χ1v) is 6.46. The molecule has 2 aromatic rings. The number of ketones is 1. The Kier molecular flexibility index (Phi) is 2.86. The van der Waals surface area contributed by atoms with Crippen molar-refractivity contribution in [1.82, 2.24) is 0 Å². The molecule has 1 nitrogen and oxygen atoms in total. The largest absolute Gasteiger partial charge is 0.294 e. The Morgan fingerprint density at radius 3 is 2.56 bits per heavy atom. The summed E-state index contributed by atoms with van der Waals surface area (Å²) in [4.78, 5) is 12.2. The van der Waals surface area contributed by atoms with Gasteiger partial charge >= 0.3 is 0 Å². The first kappa shape index (κ1) is 11.4. The highest BCUT2D eigenvalue weighted by atomic mass is 19.1. The van der Waals surface area contributed by atoms with Crippen LogP contribution in [0, 0.1) is 11.7 Å². The number of carbonyl (C=O) groups excluding carboxylic acids is 1. The maximum absolute atomic E-state index is 13.6. The van der Waals surface area contributed by atoms with Gasteiger partial charge in [-0.2, -0.15) is 0 Å². The van der Waals surface area contributed by atoms with Crippen LogP contribution in [0.1, 0.15) is 36.0 Å². The van der Waals surface area contributed by atoms with Crippen molar-refractivity contribution in [2.24, 2.45) is 5.92 Å². The van der Waals surface area contributed by atoms with Crippen molar-refractivity contribution in [3.8, 4) is 0 Å². The average molecular weight is 242 g/mol. The Morgan fingerprint density at radius 1 is 1.11 bits per heavy atom. The van der Waals surface area contributed by atoms with Crippen LogP contribution in [0.15, 0.2) is 36.4 Å². The number of benzene rings is 2. The number of halogens is 1. The number of Topliss-reactive ketones (excluding diaryl/α,β-unsaturated/α-hetero) is 1. The van der Waals surface area contributed by atoms with Crippen molar-refractivity contribution in [2.75, 3.05) is 0 Å². The summed E-state index contributed by atoms with van der Waals surface area (Å²) in [5, 5.41) is 1.27. The van der Waals surface area contributed by atoms with Crippen LogP contribution in [-0.2, 0) is 0 Å². The van der Waals surface area contributed by atoms with Gasteiger partial charge in [0.15, 0.2) is 5.78 Å². The minimum atomic E-state index is -0.260. The highest BCUT2D eigenvalue weighted by Gasteiger charge is 2.22. The molecule has 0 unspecified atom stereocenters.